The van der Waals surface area contributed by atoms with Crippen LogP contribution in [0.2, 0.25) is 0 Å². The Kier molecular flexibility index (Phi) is 6.85. The molecule has 1 fully saturated rings. The van der Waals surface area contributed by atoms with Gasteiger partial charge in [-0.3, -0.25) is 9.48 Å². The molecule has 1 amide bonds. The molecule has 1 N–H and O–H groups in total. The molecule has 1 aromatic heterocycles. The van der Waals surface area contributed by atoms with Crippen LogP contribution in [0.5, 0.6) is 0 Å². The number of benzene rings is 2. The van der Waals surface area contributed by atoms with Gasteiger partial charge in [-0.05, 0) is 42.7 Å². The largest absolute Gasteiger partial charge is 0.465 e. The average molecular weight is 505 g/mol. The summed E-state index contributed by atoms with van der Waals surface area (Å²) in [5.41, 5.74) is -0.888. The lowest BCUT2D eigenvalue weighted by Gasteiger charge is -2.18. The SMILES string of the molecule is COCCn1cc(-c2ccc(NC(=O)C3(c4ccc(C(F)(F)F)cc4F)CC3)cc2C(=O)OC)cn1. The first-order valence-corrected chi connectivity index (χ1v) is 11.0. The summed E-state index contributed by atoms with van der Waals surface area (Å²) in [7, 11) is 2.80. The molecule has 4 rings (SSSR count). The van der Waals surface area contributed by atoms with Crippen LogP contribution in [0.1, 0.15) is 34.3 Å². The van der Waals surface area contributed by atoms with E-state index in [1.165, 1.54) is 13.2 Å². The molecule has 0 atom stereocenters. The molecule has 0 saturated heterocycles. The van der Waals surface area contributed by atoms with Gasteiger partial charge in [-0.15, -0.1) is 0 Å². The molecule has 0 aliphatic heterocycles. The summed E-state index contributed by atoms with van der Waals surface area (Å²) in [6, 6.07) is 6.81. The molecular formula is C25H23F4N3O4. The Morgan fingerprint density at radius 3 is 2.50 bits per heavy atom. The topological polar surface area (TPSA) is 82.5 Å². The highest BCUT2D eigenvalue weighted by Gasteiger charge is 2.53. The van der Waals surface area contributed by atoms with Gasteiger partial charge >= 0.3 is 12.1 Å². The van der Waals surface area contributed by atoms with Gasteiger partial charge in [0.1, 0.15) is 5.82 Å². The van der Waals surface area contributed by atoms with Crippen molar-refractivity contribution in [3.63, 3.8) is 0 Å². The molecule has 2 aromatic carbocycles. The highest BCUT2D eigenvalue weighted by Crippen LogP contribution is 2.50. The maximum Gasteiger partial charge on any atom is 0.416 e. The fourth-order valence-electron chi connectivity index (χ4n) is 4.04. The number of methoxy groups -OCH3 is 2. The molecule has 0 unspecified atom stereocenters. The third-order valence-corrected chi connectivity index (χ3v) is 6.15. The minimum absolute atomic E-state index is 0.0960. The Labute approximate surface area is 204 Å². The summed E-state index contributed by atoms with van der Waals surface area (Å²) in [5.74, 6) is -2.30. The zero-order chi connectivity index (χ0) is 26.1. The number of ether oxygens (including phenoxy) is 2. The number of hydrogen-bond acceptors (Lipinski definition) is 5. The number of nitrogens with one attached hydrogen (secondary N) is 1. The van der Waals surface area contributed by atoms with Crippen LogP contribution in [0.4, 0.5) is 23.2 Å². The lowest BCUT2D eigenvalue weighted by molar-refractivity contribution is -0.137. The van der Waals surface area contributed by atoms with Gasteiger partial charge in [-0.2, -0.15) is 18.3 Å². The van der Waals surface area contributed by atoms with Crippen LogP contribution in [-0.2, 0) is 32.4 Å². The zero-order valence-corrected chi connectivity index (χ0v) is 19.5. The Balaban J connectivity index is 1.60. The van der Waals surface area contributed by atoms with Crippen molar-refractivity contribution < 1.29 is 36.6 Å². The van der Waals surface area contributed by atoms with Gasteiger partial charge in [0.25, 0.3) is 0 Å². The first-order chi connectivity index (χ1) is 17.1. The number of carbonyl (C=O) groups excluding carboxylic acids is 2. The molecular weight excluding hydrogens is 482 g/mol. The molecule has 1 aliphatic carbocycles. The summed E-state index contributed by atoms with van der Waals surface area (Å²) >= 11 is 0. The number of alkyl halides is 3. The van der Waals surface area contributed by atoms with E-state index in [-0.39, 0.29) is 29.7 Å². The number of amides is 1. The summed E-state index contributed by atoms with van der Waals surface area (Å²) in [6.07, 6.45) is -0.800. The minimum Gasteiger partial charge on any atom is -0.465 e. The van der Waals surface area contributed by atoms with Gasteiger partial charge in [0.15, 0.2) is 0 Å². The second kappa shape index (κ2) is 9.73. The lowest BCUT2D eigenvalue weighted by atomic mass is 9.93. The zero-order valence-electron chi connectivity index (χ0n) is 19.5. The average Bonchev–Trinajstić information content (AvgIpc) is 3.52. The highest BCUT2D eigenvalue weighted by atomic mass is 19.4. The number of nitrogens with zero attached hydrogens (tertiary/aromatic N) is 2. The van der Waals surface area contributed by atoms with E-state index in [0.717, 1.165) is 12.1 Å². The van der Waals surface area contributed by atoms with Gasteiger partial charge < -0.3 is 14.8 Å². The molecule has 1 aliphatic rings. The summed E-state index contributed by atoms with van der Waals surface area (Å²) in [4.78, 5) is 25.6. The molecule has 11 heteroatoms. The molecule has 190 valence electrons. The van der Waals surface area contributed by atoms with Gasteiger partial charge in [0, 0.05) is 30.1 Å². The molecule has 7 nitrogen and oxygen atoms in total. The van der Waals surface area contributed by atoms with Crippen LogP contribution in [0, 0.1) is 5.82 Å². The molecule has 3 aromatic rings. The number of hydrogen-bond donors (Lipinski definition) is 1. The summed E-state index contributed by atoms with van der Waals surface area (Å²) < 4.78 is 64.9. The molecule has 0 bridgehead atoms. The molecule has 36 heavy (non-hydrogen) atoms. The van der Waals surface area contributed by atoms with E-state index >= 15 is 0 Å². The van der Waals surface area contributed by atoms with Crippen molar-refractivity contribution in [3.05, 3.63) is 71.3 Å². The second-order valence-corrected chi connectivity index (χ2v) is 8.47. The van der Waals surface area contributed by atoms with Crippen LogP contribution in [0.15, 0.2) is 48.8 Å². The highest BCUT2D eigenvalue weighted by molar-refractivity contribution is 6.04. The van der Waals surface area contributed by atoms with E-state index in [9.17, 15) is 27.2 Å². The fraction of sp³-hybridized carbons (Fsp3) is 0.320. The van der Waals surface area contributed by atoms with E-state index in [1.54, 1.807) is 36.3 Å². The summed E-state index contributed by atoms with van der Waals surface area (Å²) in [6.45, 7) is 0.970. The van der Waals surface area contributed by atoms with Gasteiger partial charge in [-0.1, -0.05) is 12.1 Å². The number of halogens is 4. The van der Waals surface area contributed by atoms with Crippen molar-refractivity contribution >= 4 is 17.6 Å². The Morgan fingerprint density at radius 2 is 1.89 bits per heavy atom. The van der Waals surface area contributed by atoms with Crippen molar-refractivity contribution in [1.82, 2.24) is 9.78 Å². The van der Waals surface area contributed by atoms with Crippen LogP contribution >= 0.6 is 0 Å². The van der Waals surface area contributed by atoms with Crippen molar-refractivity contribution in [1.29, 1.82) is 0 Å². The first kappa shape index (κ1) is 25.4. The first-order valence-electron chi connectivity index (χ1n) is 11.0. The van der Waals surface area contributed by atoms with Crippen molar-refractivity contribution in [2.45, 2.75) is 31.0 Å². The Morgan fingerprint density at radius 1 is 1.14 bits per heavy atom. The van der Waals surface area contributed by atoms with Crippen LogP contribution in [-0.4, -0.2) is 42.5 Å². The van der Waals surface area contributed by atoms with Crippen LogP contribution in [0.25, 0.3) is 11.1 Å². The molecule has 0 spiro atoms. The minimum atomic E-state index is -4.69. The van der Waals surface area contributed by atoms with E-state index < -0.39 is 34.8 Å². The Bertz CT molecular complexity index is 1300. The Hall–Kier alpha value is -3.73. The predicted molar refractivity (Wildman–Crippen MR) is 122 cm³/mol. The number of anilines is 1. The van der Waals surface area contributed by atoms with E-state index in [4.69, 9.17) is 9.47 Å². The third-order valence-electron chi connectivity index (χ3n) is 6.15. The fourth-order valence-corrected chi connectivity index (χ4v) is 4.04. The monoisotopic (exact) mass is 505 g/mol. The number of carbonyl (C=O) groups is 2. The van der Waals surface area contributed by atoms with Gasteiger partial charge in [-0.25, -0.2) is 9.18 Å². The maximum absolute atomic E-state index is 14.6. The number of esters is 1. The van der Waals surface area contributed by atoms with Gasteiger partial charge in [0.2, 0.25) is 5.91 Å². The van der Waals surface area contributed by atoms with E-state index in [0.29, 0.717) is 30.3 Å². The van der Waals surface area contributed by atoms with Crippen LogP contribution in [0.3, 0.4) is 0 Å². The van der Waals surface area contributed by atoms with Crippen molar-refractivity contribution in [3.8, 4) is 11.1 Å². The number of rotatable bonds is 8. The van der Waals surface area contributed by atoms with E-state index in [2.05, 4.69) is 10.4 Å². The van der Waals surface area contributed by atoms with Crippen LogP contribution < -0.4 is 5.32 Å². The lowest BCUT2D eigenvalue weighted by Crippen LogP contribution is -2.29. The second-order valence-electron chi connectivity index (χ2n) is 8.47. The van der Waals surface area contributed by atoms with Crippen molar-refractivity contribution in [2.75, 3.05) is 26.1 Å². The quantitative estimate of drug-likeness (QED) is 0.351. The normalized spacial score (nSPS) is 14.4. The molecule has 1 heterocycles. The third kappa shape index (κ3) is 4.97. The van der Waals surface area contributed by atoms with E-state index in [1.807, 2.05) is 0 Å². The smallest absolute Gasteiger partial charge is 0.416 e. The molecule has 1 saturated carbocycles. The summed E-state index contributed by atoms with van der Waals surface area (Å²) in [5, 5.41) is 6.91. The maximum atomic E-state index is 14.6. The van der Waals surface area contributed by atoms with Crippen molar-refractivity contribution in [2.24, 2.45) is 0 Å². The number of aromatic nitrogens is 2. The van der Waals surface area contributed by atoms with Gasteiger partial charge in [0.05, 0.1) is 43.0 Å². The predicted octanol–water partition coefficient (Wildman–Crippen LogP) is 4.81. The molecule has 0 radical (unpaired) electrons. The standard InChI is InChI=1S/C25H23F4N3O4/c1-35-10-9-32-14-15(13-30-32)18-5-4-17(12-19(18)22(33)36-2)31-23(34)24(7-8-24)20-6-3-16(11-21(20)26)25(27,28)29/h3-6,11-14H,7-10H2,1-2H3,(H,31,34).